The molecule has 0 heterocycles. The van der Waals surface area contributed by atoms with Crippen molar-refractivity contribution < 1.29 is 22.6 Å². The van der Waals surface area contributed by atoms with Crippen LogP contribution in [0.15, 0.2) is 4.99 Å². The van der Waals surface area contributed by atoms with Gasteiger partial charge in [-0.15, -0.1) is 0 Å². The van der Waals surface area contributed by atoms with Gasteiger partial charge in [0.05, 0.1) is 0 Å². The van der Waals surface area contributed by atoms with Gasteiger partial charge < -0.3 is 20.1 Å². The molecular weight excluding hydrogens is 275 g/mol. The van der Waals surface area contributed by atoms with Crippen molar-refractivity contribution in [1.82, 2.24) is 10.6 Å². The van der Waals surface area contributed by atoms with Crippen LogP contribution in [0.5, 0.6) is 0 Å². The van der Waals surface area contributed by atoms with Crippen molar-refractivity contribution in [2.75, 3.05) is 46.6 Å². The van der Waals surface area contributed by atoms with E-state index in [1.165, 1.54) is 0 Å². The van der Waals surface area contributed by atoms with Gasteiger partial charge in [-0.2, -0.15) is 13.2 Å². The monoisotopic (exact) mass is 299 g/mol. The van der Waals surface area contributed by atoms with E-state index in [0.717, 1.165) is 13.0 Å². The van der Waals surface area contributed by atoms with E-state index in [-0.39, 0.29) is 6.61 Å². The fourth-order valence-corrected chi connectivity index (χ4v) is 1.31. The van der Waals surface area contributed by atoms with Gasteiger partial charge in [0, 0.05) is 40.0 Å². The Kier molecular flexibility index (Phi) is 11.2. The Morgan fingerprint density at radius 1 is 1.05 bits per heavy atom. The van der Waals surface area contributed by atoms with E-state index in [9.17, 15) is 13.2 Å². The van der Waals surface area contributed by atoms with Crippen LogP contribution in [-0.4, -0.2) is 58.7 Å². The summed E-state index contributed by atoms with van der Waals surface area (Å²) >= 11 is 0. The van der Waals surface area contributed by atoms with Crippen LogP contribution in [0.1, 0.15) is 19.8 Å². The lowest BCUT2D eigenvalue weighted by molar-refractivity contribution is -0.173. The van der Waals surface area contributed by atoms with Crippen molar-refractivity contribution in [3.63, 3.8) is 0 Å². The third-order valence-corrected chi connectivity index (χ3v) is 2.21. The van der Waals surface area contributed by atoms with Crippen LogP contribution in [0, 0.1) is 0 Å². The van der Waals surface area contributed by atoms with Crippen LogP contribution in [-0.2, 0) is 9.47 Å². The number of guanidine groups is 1. The Hall–Kier alpha value is -1.02. The van der Waals surface area contributed by atoms with Crippen molar-refractivity contribution >= 4 is 5.96 Å². The number of nitrogens with one attached hydrogen (secondary N) is 2. The van der Waals surface area contributed by atoms with Gasteiger partial charge in [0.1, 0.15) is 6.61 Å². The second-order valence-corrected chi connectivity index (χ2v) is 4.00. The molecule has 0 unspecified atom stereocenters. The molecule has 0 bridgehead atoms. The summed E-state index contributed by atoms with van der Waals surface area (Å²) < 4.78 is 45.1. The molecule has 8 heteroatoms. The number of halogens is 3. The molecule has 0 radical (unpaired) electrons. The average molecular weight is 299 g/mol. The topological polar surface area (TPSA) is 54.9 Å². The van der Waals surface area contributed by atoms with E-state index in [2.05, 4.69) is 20.4 Å². The van der Waals surface area contributed by atoms with Gasteiger partial charge in [-0.3, -0.25) is 4.99 Å². The highest BCUT2D eigenvalue weighted by atomic mass is 19.4. The van der Waals surface area contributed by atoms with E-state index >= 15 is 0 Å². The lowest BCUT2D eigenvalue weighted by atomic mass is 10.4. The number of aliphatic imine (C=N–C) groups is 1. The number of alkyl halides is 3. The summed E-state index contributed by atoms with van der Waals surface area (Å²) in [5.74, 6) is 0.623. The van der Waals surface area contributed by atoms with Gasteiger partial charge in [-0.1, -0.05) is 0 Å². The first-order valence-electron chi connectivity index (χ1n) is 6.66. The first-order chi connectivity index (χ1) is 9.49. The predicted molar refractivity (Wildman–Crippen MR) is 72.0 cm³/mol. The first kappa shape index (κ1) is 19.0. The fraction of sp³-hybridized carbons (Fsp3) is 0.917. The van der Waals surface area contributed by atoms with Crippen LogP contribution in [0.4, 0.5) is 13.2 Å². The highest BCUT2D eigenvalue weighted by Gasteiger charge is 2.27. The van der Waals surface area contributed by atoms with Crippen LogP contribution in [0.2, 0.25) is 0 Å². The molecule has 120 valence electrons. The first-order valence-corrected chi connectivity index (χ1v) is 6.66. The Balaban J connectivity index is 3.47. The summed E-state index contributed by atoms with van der Waals surface area (Å²) in [6.45, 7) is 3.42. The maximum absolute atomic E-state index is 11.8. The van der Waals surface area contributed by atoms with E-state index in [0.29, 0.717) is 32.1 Å². The van der Waals surface area contributed by atoms with Gasteiger partial charge in [-0.25, -0.2) is 0 Å². The minimum absolute atomic E-state index is 0.0633. The molecule has 0 rings (SSSR count). The van der Waals surface area contributed by atoms with E-state index < -0.39 is 12.8 Å². The Morgan fingerprint density at radius 2 is 1.60 bits per heavy atom. The van der Waals surface area contributed by atoms with Crippen molar-refractivity contribution in [3.8, 4) is 0 Å². The standard InChI is InChI=1S/C12H24F3N3O2/c1-3-19-8-4-6-17-11(16-2)18-7-5-9-20-10-12(13,14)15/h3-10H2,1-2H3,(H2,16,17,18). The van der Waals surface area contributed by atoms with Crippen LogP contribution < -0.4 is 10.6 Å². The molecule has 0 aliphatic carbocycles. The summed E-state index contributed by atoms with van der Waals surface area (Å²) in [4.78, 5) is 4.00. The molecule has 5 nitrogen and oxygen atoms in total. The minimum atomic E-state index is -4.26. The van der Waals surface area contributed by atoms with Crippen molar-refractivity contribution in [1.29, 1.82) is 0 Å². The molecule has 0 atom stereocenters. The second kappa shape index (κ2) is 11.8. The van der Waals surface area contributed by atoms with Gasteiger partial charge in [0.2, 0.25) is 0 Å². The number of rotatable bonds is 10. The highest BCUT2D eigenvalue weighted by molar-refractivity contribution is 5.79. The number of hydrogen-bond acceptors (Lipinski definition) is 3. The zero-order valence-corrected chi connectivity index (χ0v) is 12.1. The number of nitrogens with zero attached hydrogens (tertiary/aromatic N) is 1. The summed E-state index contributed by atoms with van der Waals surface area (Å²) in [5.41, 5.74) is 0. The van der Waals surface area contributed by atoms with Crippen molar-refractivity contribution in [3.05, 3.63) is 0 Å². The quantitative estimate of drug-likeness (QED) is 0.365. The highest BCUT2D eigenvalue weighted by Crippen LogP contribution is 2.14. The van der Waals surface area contributed by atoms with E-state index in [4.69, 9.17) is 4.74 Å². The Labute approximate surface area is 117 Å². The molecule has 0 aromatic carbocycles. The minimum Gasteiger partial charge on any atom is -0.382 e. The lowest BCUT2D eigenvalue weighted by Gasteiger charge is -2.12. The molecule has 0 fully saturated rings. The fourth-order valence-electron chi connectivity index (χ4n) is 1.31. The molecule has 0 aromatic rings. The smallest absolute Gasteiger partial charge is 0.382 e. The normalized spacial score (nSPS) is 12.6. The third-order valence-electron chi connectivity index (χ3n) is 2.21. The predicted octanol–water partition coefficient (Wildman–Crippen LogP) is 1.55. The number of hydrogen-bond donors (Lipinski definition) is 2. The lowest BCUT2D eigenvalue weighted by Crippen LogP contribution is -2.38. The molecule has 0 amide bonds. The molecule has 20 heavy (non-hydrogen) atoms. The van der Waals surface area contributed by atoms with Gasteiger partial charge in [0.25, 0.3) is 0 Å². The van der Waals surface area contributed by atoms with Crippen LogP contribution in [0.25, 0.3) is 0 Å². The zero-order valence-electron chi connectivity index (χ0n) is 12.1. The number of ether oxygens (including phenoxy) is 2. The maximum atomic E-state index is 11.8. The molecule has 0 saturated heterocycles. The van der Waals surface area contributed by atoms with E-state index in [1.807, 2.05) is 6.92 Å². The van der Waals surface area contributed by atoms with Gasteiger partial charge in [0.15, 0.2) is 5.96 Å². The molecule has 0 aromatic heterocycles. The average Bonchev–Trinajstić information content (AvgIpc) is 2.38. The van der Waals surface area contributed by atoms with Crippen molar-refractivity contribution in [2.45, 2.75) is 25.9 Å². The van der Waals surface area contributed by atoms with Crippen LogP contribution in [0.3, 0.4) is 0 Å². The summed E-state index contributed by atoms with van der Waals surface area (Å²) in [6.07, 6.45) is -2.91. The molecule has 0 spiro atoms. The molecule has 0 aliphatic rings. The Bertz CT molecular complexity index is 261. The molecule has 0 saturated carbocycles. The third kappa shape index (κ3) is 13.4. The molecular formula is C12H24F3N3O2. The summed E-state index contributed by atoms with van der Waals surface area (Å²) in [5, 5.41) is 6.08. The van der Waals surface area contributed by atoms with Gasteiger partial charge in [-0.05, 0) is 19.8 Å². The zero-order chi connectivity index (χ0) is 15.3. The van der Waals surface area contributed by atoms with Crippen molar-refractivity contribution in [2.24, 2.45) is 4.99 Å². The SMILES string of the molecule is CCOCCCNC(=NC)NCCCOCC(F)(F)F. The van der Waals surface area contributed by atoms with E-state index in [1.54, 1.807) is 7.05 Å². The molecule has 0 aliphatic heterocycles. The second-order valence-electron chi connectivity index (χ2n) is 4.00. The maximum Gasteiger partial charge on any atom is 0.411 e. The summed E-state index contributed by atoms with van der Waals surface area (Å²) in [7, 11) is 1.64. The molecule has 2 N–H and O–H groups in total. The summed E-state index contributed by atoms with van der Waals surface area (Å²) in [6, 6.07) is 0. The van der Waals surface area contributed by atoms with Gasteiger partial charge >= 0.3 is 6.18 Å². The van der Waals surface area contributed by atoms with Crippen LogP contribution >= 0.6 is 0 Å². The largest absolute Gasteiger partial charge is 0.411 e. The Morgan fingerprint density at radius 3 is 2.05 bits per heavy atom.